The Morgan fingerprint density at radius 3 is 2.29 bits per heavy atom. The molecule has 0 aromatic carbocycles. The first-order valence-electron chi connectivity index (χ1n) is 6.84. The Labute approximate surface area is 104 Å². The third-order valence-corrected chi connectivity index (χ3v) is 5.06. The van der Waals surface area contributed by atoms with Crippen LogP contribution in [-0.2, 0) is 0 Å². The second-order valence-electron chi connectivity index (χ2n) is 5.84. The van der Waals surface area contributed by atoms with Gasteiger partial charge < -0.3 is 10.2 Å². The van der Waals surface area contributed by atoms with Gasteiger partial charge in [-0.1, -0.05) is 0 Å². The van der Waals surface area contributed by atoms with Gasteiger partial charge in [0.25, 0.3) is 0 Å². The normalized spacial score (nSPS) is 43.5. The third-order valence-electron chi connectivity index (χ3n) is 5.06. The van der Waals surface area contributed by atoms with Crippen molar-refractivity contribution in [3.8, 4) is 6.07 Å². The minimum atomic E-state index is -0.166. The molecule has 0 aromatic heterocycles. The van der Waals surface area contributed by atoms with Gasteiger partial charge in [-0.3, -0.25) is 4.90 Å². The number of nitriles is 1. The van der Waals surface area contributed by atoms with E-state index in [0.717, 1.165) is 39.0 Å². The number of piperazine rings is 1. The molecule has 1 N–H and O–H groups in total. The number of nitrogens with zero attached hydrogens (tertiary/aromatic N) is 3. The maximum absolute atomic E-state index is 9.71. The molecule has 3 saturated heterocycles. The fraction of sp³-hybridized carbons (Fsp3) is 0.923. The maximum atomic E-state index is 9.71. The van der Waals surface area contributed by atoms with Crippen LogP contribution in [0, 0.1) is 11.3 Å². The number of nitrogens with one attached hydrogen (secondary N) is 1. The van der Waals surface area contributed by atoms with E-state index in [-0.39, 0.29) is 5.54 Å². The predicted octanol–water partition coefficient (Wildman–Crippen LogP) is 0.411. The lowest BCUT2D eigenvalue weighted by atomic mass is 9.82. The van der Waals surface area contributed by atoms with Gasteiger partial charge in [-0.15, -0.1) is 0 Å². The van der Waals surface area contributed by atoms with Gasteiger partial charge in [0.15, 0.2) is 0 Å². The first-order valence-corrected chi connectivity index (χ1v) is 6.84. The Hall–Kier alpha value is -0.630. The highest BCUT2D eigenvalue weighted by molar-refractivity contribution is 5.17. The van der Waals surface area contributed by atoms with Crippen molar-refractivity contribution >= 4 is 0 Å². The Balaban J connectivity index is 1.81. The van der Waals surface area contributed by atoms with E-state index in [1.807, 2.05) is 0 Å². The van der Waals surface area contributed by atoms with Crippen molar-refractivity contribution in [2.45, 2.75) is 43.3 Å². The molecule has 0 amide bonds. The molecule has 2 atom stereocenters. The zero-order valence-electron chi connectivity index (χ0n) is 10.7. The molecule has 3 heterocycles. The standard InChI is InChI=1S/C13H22N4/c1-16-11-2-3-12(16)9-13(8-11,10-14)17-6-4-15-5-7-17/h11-12,15H,2-9H2,1H3. The van der Waals surface area contributed by atoms with Crippen molar-refractivity contribution in [3.05, 3.63) is 0 Å². The summed E-state index contributed by atoms with van der Waals surface area (Å²) in [7, 11) is 2.24. The fourth-order valence-electron chi connectivity index (χ4n) is 3.96. The number of hydrogen-bond donors (Lipinski definition) is 1. The van der Waals surface area contributed by atoms with Crippen molar-refractivity contribution in [1.82, 2.24) is 15.1 Å². The minimum Gasteiger partial charge on any atom is -0.314 e. The molecular formula is C13H22N4. The molecule has 0 aromatic rings. The topological polar surface area (TPSA) is 42.3 Å². The van der Waals surface area contributed by atoms with Gasteiger partial charge in [0.1, 0.15) is 5.54 Å². The molecule has 0 saturated carbocycles. The lowest BCUT2D eigenvalue weighted by Crippen LogP contribution is -2.61. The molecule has 3 rings (SSSR count). The molecular weight excluding hydrogens is 212 g/mol. The summed E-state index contributed by atoms with van der Waals surface area (Å²) in [6.07, 6.45) is 4.68. The highest BCUT2D eigenvalue weighted by Crippen LogP contribution is 2.42. The molecule has 0 spiro atoms. The van der Waals surface area contributed by atoms with Gasteiger partial charge in [0.05, 0.1) is 6.07 Å². The summed E-state index contributed by atoms with van der Waals surface area (Å²) in [5.41, 5.74) is -0.166. The van der Waals surface area contributed by atoms with Gasteiger partial charge >= 0.3 is 0 Å². The third kappa shape index (κ3) is 1.77. The molecule has 0 radical (unpaired) electrons. The Morgan fingerprint density at radius 2 is 1.76 bits per heavy atom. The van der Waals surface area contributed by atoms with Crippen LogP contribution >= 0.6 is 0 Å². The van der Waals surface area contributed by atoms with Crippen LogP contribution in [0.5, 0.6) is 0 Å². The van der Waals surface area contributed by atoms with E-state index < -0.39 is 0 Å². The van der Waals surface area contributed by atoms with E-state index in [1.165, 1.54) is 12.8 Å². The highest BCUT2D eigenvalue weighted by atomic mass is 15.3. The van der Waals surface area contributed by atoms with Crippen LogP contribution in [0.25, 0.3) is 0 Å². The first-order chi connectivity index (χ1) is 8.25. The summed E-state index contributed by atoms with van der Waals surface area (Å²) < 4.78 is 0. The van der Waals surface area contributed by atoms with Crippen molar-refractivity contribution < 1.29 is 0 Å². The van der Waals surface area contributed by atoms with Crippen LogP contribution in [-0.4, -0.2) is 60.6 Å². The molecule has 2 unspecified atom stereocenters. The summed E-state index contributed by atoms with van der Waals surface area (Å²) in [6, 6.07) is 3.96. The maximum Gasteiger partial charge on any atom is 0.112 e. The molecule has 3 aliphatic heterocycles. The van der Waals surface area contributed by atoms with Gasteiger partial charge in [0, 0.05) is 38.3 Å². The van der Waals surface area contributed by atoms with E-state index in [0.29, 0.717) is 12.1 Å². The van der Waals surface area contributed by atoms with Crippen molar-refractivity contribution in [2.75, 3.05) is 33.2 Å². The Bertz CT molecular complexity index is 315. The smallest absolute Gasteiger partial charge is 0.112 e. The molecule has 94 valence electrons. The van der Waals surface area contributed by atoms with E-state index in [4.69, 9.17) is 0 Å². The predicted molar refractivity (Wildman–Crippen MR) is 66.6 cm³/mol. The summed E-state index contributed by atoms with van der Waals surface area (Å²) in [6.45, 7) is 4.15. The van der Waals surface area contributed by atoms with E-state index in [2.05, 4.69) is 28.2 Å². The van der Waals surface area contributed by atoms with E-state index in [1.54, 1.807) is 0 Å². The van der Waals surface area contributed by atoms with E-state index in [9.17, 15) is 5.26 Å². The molecule has 3 aliphatic rings. The molecule has 17 heavy (non-hydrogen) atoms. The minimum absolute atomic E-state index is 0.166. The molecule has 2 bridgehead atoms. The summed E-state index contributed by atoms with van der Waals surface area (Å²) in [5, 5.41) is 13.1. The number of hydrogen-bond acceptors (Lipinski definition) is 4. The van der Waals surface area contributed by atoms with Crippen molar-refractivity contribution in [1.29, 1.82) is 5.26 Å². The van der Waals surface area contributed by atoms with Crippen LogP contribution in [0.1, 0.15) is 25.7 Å². The zero-order valence-corrected chi connectivity index (χ0v) is 10.7. The van der Waals surface area contributed by atoms with Crippen molar-refractivity contribution in [2.24, 2.45) is 0 Å². The Kier molecular flexibility index (Phi) is 2.86. The van der Waals surface area contributed by atoms with Crippen LogP contribution in [0.4, 0.5) is 0 Å². The molecule has 0 aliphatic carbocycles. The van der Waals surface area contributed by atoms with Crippen molar-refractivity contribution in [3.63, 3.8) is 0 Å². The SMILES string of the molecule is CN1C2CCC1CC(C#N)(N1CCNCC1)C2. The average Bonchev–Trinajstić information content (AvgIpc) is 2.63. The van der Waals surface area contributed by atoms with Crippen LogP contribution < -0.4 is 5.32 Å². The summed E-state index contributed by atoms with van der Waals surface area (Å²) >= 11 is 0. The summed E-state index contributed by atoms with van der Waals surface area (Å²) in [4.78, 5) is 4.96. The molecule has 4 nitrogen and oxygen atoms in total. The molecule has 3 fully saturated rings. The average molecular weight is 234 g/mol. The first kappa shape index (κ1) is 11.5. The van der Waals surface area contributed by atoms with Gasteiger partial charge in [0.2, 0.25) is 0 Å². The second-order valence-corrected chi connectivity index (χ2v) is 5.84. The van der Waals surface area contributed by atoms with Crippen LogP contribution in [0.3, 0.4) is 0 Å². The number of piperidine rings is 1. The van der Waals surface area contributed by atoms with Crippen LogP contribution in [0.2, 0.25) is 0 Å². The fourth-order valence-corrected chi connectivity index (χ4v) is 3.96. The number of rotatable bonds is 1. The lowest BCUT2D eigenvalue weighted by Gasteiger charge is -2.48. The Morgan fingerprint density at radius 1 is 1.18 bits per heavy atom. The zero-order chi connectivity index (χ0) is 11.9. The number of fused-ring (bicyclic) bond motifs is 2. The highest BCUT2D eigenvalue weighted by Gasteiger charge is 2.50. The largest absolute Gasteiger partial charge is 0.314 e. The molecule has 4 heteroatoms. The van der Waals surface area contributed by atoms with Gasteiger partial charge in [-0.2, -0.15) is 5.26 Å². The monoisotopic (exact) mass is 234 g/mol. The van der Waals surface area contributed by atoms with Crippen LogP contribution in [0.15, 0.2) is 0 Å². The second kappa shape index (κ2) is 4.24. The van der Waals surface area contributed by atoms with E-state index >= 15 is 0 Å². The quantitative estimate of drug-likeness (QED) is 0.713. The summed E-state index contributed by atoms with van der Waals surface area (Å²) in [5.74, 6) is 0. The van der Waals surface area contributed by atoms with Gasteiger partial charge in [-0.25, -0.2) is 0 Å². The lowest BCUT2D eigenvalue weighted by molar-refractivity contribution is 0.0250. The van der Waals surface area contributed by atoms with Gasteiger partial charge in [-0.05, 0) is 32.7 Å².